The van der Waals surface area contributed by atoms with Gasteiger partial charge in [0, 0.05) is 0 Å². The Hall–Kier alpha value is -2.90. The van der Waals surface area contributed by atoms with Crippen LogP contribution in [-0.4, -0.2) is 35.7 Å². The van der Waals surface area contributed by atoms with Crippen LogP contribution in [0.2, 0.25) is 0 Å². The van der Waals surface area contributed by atoms with E-state index in [1.54, 1.807) is 10.4 Å². The molecule has 1 aliphatic carbocycles. The van der Waals surface area contributed by atoms with Crippen LogP contribution in [0.3, 0.4) is 0 Å². The van der Waals surface area contributed by atoms with E-state index in [9.17, 15) is 14.8 Å². The number of rotatable bonds is 8. The summed E-state index contributed by atoms with van der Waals surface area (Å²) >= 11 is 0. The van der Waals surface area contributed by atoms with Gasteiger partial charge in [0.15, 0.2) is 0 Å². The van der Waals surface area contributed by atoms with Crippen LogP contribution in [0.5, 0.6) is 5.75 Å². The maximum Gasteiger partial charge on any atom is 0.260 e. The first-order chi connectivity index (χ1) is 17.0. The van der Waals surface area contributed by atoms with E-state index in [0.29, 0.717) is 36.2 Å². The molecule has 2 aliphatic rings. The Morgan fingerprint density at radius 1 is 1.09 bits per heavy atom. The van der Waals surface area contributed by atoms with Gasteiger partial charge in [0.25, 0.3) is 5.91 Å². The molecule has 4 rings (SSSR count). The molecule has 0 aromatic heterocycles. The number of fused-ring (bicyclic) bond motifs is 1. The number of anilines is 1. The van der Waals surface area contributed by atoms with Crippen LogP contribution in [0.4, 0.5) is 5.69 Å². The molecule has 7 nitrogen and oxygen atoms in total. The molecule has 188 valence electrons. The molecule has 7 heteroatoms. The van der Waals surface area contributed by atoms with Gasteiger partial charge in [0.2, 0.25) is 5.91 Å². The molecule has 2 atom stereocenters. The molecule has 0 bridgehead atoms. The number of benzene rings is 2. The summed E-state index contributed by atoms with van der Waals surface area (Å²) in [5.41, 5.74) is 4.77. The third kappa shape index (κ3) is 6.21. The summed E-state index contributed by atoms with van der Waals surface area (Å²) in [5.74, 6) is 0.807. The van der Waals surface area contributed by atoms with Crippen LogP contribution >= 0.6 is 0 Å². The van der Waals surface area contributed by atoms with Gasteiger partial charge in [-0.3, -0.25) is 20.1 Å². The van der Waals surface area contributed by atoms with Crippen LogP contribution in [-0.2, 0) is 16.1 Å². The van der Waals surface area contributed by atoms with Gasteiger partial charge in [-0.25, -0.2) is 5.48 Å². The zero-order valence-electron chi connectivity index (χ0n) is 20.7. The average molecular weight is 480 g/mol. The Bertz CT molecular complexity index is 1000. The minimum absolute atomic E-state index is 0.110. The van der Waals surface area contributed by atoms with E-state index < -0.39 is 18.0 Å². The van der Waals surface area contributed by atoms with Crippen molar-refractivity contribution in [1.29, 1.82) is 0 Å². The number of hydrogen-bond donors (Lipinski definition) is 3. The van der Waals surface area contributed by atoms with Gasteiger partial charge in [0.05, 0.1) is 18.3 Å². The SMILES string of the molecule is CC(C)c1ccc(CN2C(=O)C(N[C@@H](CC3CCCCC3)C(=O)NO)COc3ccccc32)cc1. The fraction of sp³-hybridized carbons (Fsp3) is 0.500. The zero-order chi connectivity index (χ0) is 24.8. The summed E-state index contributed by atoms with van der Waals surface area (Å²) in [6, 6.07) is 14.5. The Labute approximate surface area is 207 Å². The number of nitrogens with zero attached hydrogens (tertiary/aromatic N) is 1. The van der Waals surface area contributed by atoms with Gasteiger partial charge in [0.1, 0.15) is 18.4 Å². The number of carbonyl (C=O) groups is 2. The summed E-state index contributed by atoms with van der Waals surface area (Å²) in [6.45, 7) is 4.82. The van der Waals surface area contributed by atoms with Crippen LogP contribution in [0, 0.1) is 5.92 Å². The first-order valence-corrected chi connectivity index (χ1v) is 12.8. The summed E-state index contributed by atoms with van der Waals surface area (Å²) in [7, 11) is 0. The molecule has 0 radical (unpaired) electrons. The molecule has 2 amide bonds. The number of carbonyl (C=O) groups excluding carboxylic acids is 2. The van der Waals surface area contributed by atoms with Crippen molar-refractivity contribution in [1.82, 2.24) is 10.8 Å². The quantitative estimate of drug-likeness (QED) is 0.382. The third-order valence-corrected chi connectivity index (χ3v) is 7.24. The van der Waals surface area contributed by atoms with Gasteiger partial charge in [-0.1, -0.05) is 82.3 Å². The number of para-hydroxylation sites is 2. The molecule has 35 heavy (non-hydrogen) atoms. The Morgan fingerprint density at radius 3 is 2.49 bits per heavy atom. The van der Waals surface area contributed by atoms with E-state index >= 15 is 0 Å². The van der Waals surface area contributed by atoms with Crippen molar-refractivity contribution in [3.8, 4) is 5.75 Å². The predicted octanol–water partition coefficient (Wildman–Crippen LogP) is 4.54. The molecule has 3 N–H and O–H groups in total. The Morgan fingerprint density at radius 2 is 1.80 bits per heavy atom. The topological polar surface area (TPSA) is 90.9 Å². The summed E-state index contributed by atoms with van der Waals surface area (Å²) in [5, 5.41) is 12.6. The molecule has 1 saturated carbocycles. The van der Waals surface area contributed by atoms with Crippen molar-refractivity contribution in [2.24, 2.45) is 5.92 Å². The third-order valence-electron chi connectivity index (χ3n) is 7.24. The normalized spacial score (nSPS) is 19.6. The monoisotopic (exact) mass is 479 g/mol. The lowest BCUT2D eigenvalue weighted by Gasteiger charge is -2.30. The van der Waals surface area contributed by atoms with E-state index in [2.05, 4.69) is 43.4 Å². The van der Waals surface area contributed by atoms with Crippen molar-refractivity contribution in [3.05, 3.63) is 59.7 Å². The predicted molar refractivity (Wildman–Crippen MR) is 135 cm³/mol. The van der Waals surface area contributed by atoms with E-state index in [-0.39, 0.29) is 12.5 Å². The number of ether oxygens (including phenoxy) is 1. The van der Waals surface area contributed by atoms with Gasteiger partial charge in [-0.05, 0) is 41.5 Å². The zero-order valence-corrected chi connectivity index (χ0v) is 20.7. The second-order valence-corrected chi connectivity index (χ2v) is 10.1. The molecule has 1 fully saturated rings. The summed E-state index contributed by atoms with van der Waals surface area (Å²) < 4.78 is 6.04. The van der Waals surface area contributed by atoms with Crippen LogP contribution in [0.25, 0.3) is 0 Å². The number of nitrogens with one attached hydrogen (secondary N) is 2. The minimum atomic E-state index is -0.719. The Kier molecular flexibility index (Phi) is 8.42. The van der Waals surface area contributed by atoms with Gasteiger partial charge >= 0.3 is 0 Å². The van der Waals surface area contributed by atoms with Crippen LogP contribution < -0.4 is 20.4 Å². The van der Waals surface area contributed by atoms with E-state index in [0.717, 1.165) is 31.2 Å². The minimum Gasteiger partial charge on any atom is -0.489 e. The fourth-order valence-electron chi connectivity index (χ4n) is 5.15. The molecule has 1 unspecified atom stereocenters. The summed E-state index contributed by atoms with van der Waals surface area (Å²) in [6.07, 6.45) is 6.25. The lowest BCUT2D eigenvalue weighted by molar-refractivity contribution is -0.132. The lowest BCUT2D eigenvalue weighted by Crippen LogP contribution is -2.56. The first-order valence-electron chi connectivity index (χ1n) is 12.8. The largest absolute Gasteiger partial charge is 0.489 e. The molecule has 1 heterocycles. The molecule has 0 spiro atoms. The van der Waals surface area contributed by atoms with Gasteiger partial charge in [-0.15, -0.1) is 0 Å². The van der Waals surface area contributed by atoms with Gasteiger partial charge < -0.3 is 9.64 Å². The smallest absolute Gasteiger partial charge is 0.260 e. The highest BCUT2D eigenvalue weighted by Gasteiger charge is 2.35. The van der Waals surface area contributed by atoms with E-state index in [4.69, 9.17) is 4.74 Å². The van der Waals surface area contributed by atoms with E-state index in [1.807, 2.05) is 24.3 Å². The molecule has 1 aliphatic heterocycles. The highest BCUT2D eigenvalue weighted by atomic mass is 16.5. The van der Waals surface area contributed by atoms with Crippen molar-refractivity contribution >= 4 is 17.5 Å². The lowest BCUT2D eigenvalue weighted by atomic mass is 9.84. The fourth-order valence-corrected chi connectivity index (χ4v) is 5.15. The Balaban J connectivity index is 1.56. The van der Waals surface area contributed by atoms with Crippen molar-refractivity contribution in [3.63, 3.8) is 0 Å². The van der Waals surface area contributed by atoms with Crippen molar-refractivity contribution in [2.75, 3.05) is 11.5 Å². The maximum absolute atomic E-state index is 13.8. The van der Waals surface area contributed by atoms with Crippen LogP contribution in [0.15, 0.2) is 48.5 Å². The molecular formula is C28H37N3O4. The average Bonchev–Trinajstić information content (AvgIpc) is 3.01. The van der Waals surface area contributed by atoms with Crippen molar-refractivity contribution < 1.29 is 19.5 Å². The van der Waals surface area contributed by atoms with Crippen LogP contribution in [0.1, 0.15) is 69.4 Å². The highest BCUT2D eigenvalue weighted by molar-refractivity contribution is 5.99. The second-order valence-electron chi connectivity index (χ2n) is 10.1. The number of hydrogen-bond acceptors (Lipinski definition) is 5. The molecule has 2 aromatic rings. The molecule has 2 aromatic carbocycles. The maximum atomic E-state index is 13.8. The van der Waals surface area contributed by atoms with Gasteiger partial charge in [-0.2, -0.15) is 0 Å². The molecular weight excluding hydrogens is 442 g/mol. The summed E-state index contributed by atoms with van der Waals surface area (Å²) in [4.78, 5) is 28.1. The number of hydroxylamine groups is 1. The van der Waals surface area contributed by atoms with E-state index in [1.165, 1.54) is 12.0 Å². The first kappa shape index (κ1) is 25.2. The highest BCUT2D eigenvalue weighted by Crippen LogP contribution is 2.33. The standard InChI is InChI=1S/C28H37N3O4/c1-19(2)22-14-12-21(13-15-22)17-31-25-10-6-7-11-26(25)35-18-24(28(31)33)29-23(27(32)30-34)16-20-8-4-3-5-9-20/h6-7,10-15,19-20,23-24,29,34H,3-5,8-9,16-18H2,1-2H3,(H,30,32)/t23-,24?/m0/s1. The number of amides is 2. The van der Waals surface area contributed by atoms with Crippen molar-refractivity contribution in [2.45, 2.75) is 76.9 Å². The second kappa shape index (κ2) is 11.7. The molecule has 0 saturated heterocycles.